The number of aromatic nitrogens is 1. The lowest BCUT2D eigenvalue weighted by Crippen LogP contribution is -2.30. The fourth-order valence-electron chi connectivity index (χ4n) is 4.16. The monoisotopic (exact) mass is 494 g/mol. The molecule has 1 aromatic heterocycles. The van der Waals surface area contributed by atoms with Crippen molar-refractivity contribution in [2.75, 3.05) is 27.8 Å². The molecule has 30 heavy (non-hydrogen) atoms. The Balaban J connectivity index is 1.64. The molecule has 0 bridgehead atoms. The molecule has 0 saturated heterocycles. The second kappa shape index (κ2) is 10.6. The number of hydrogen-bond acceptors (Lipinski definition) is 5. The van der Waals surface area contributed by atoms with Crippen LogP contribution in [0, 0.1) is 11.8 Å². The number of carbonyl (C=O) groups is 1. The molecule has 0 aliphatic heterocycles. The highest BCUT2D eigenvalue weighted by Crippen LogP contribution is 2.34. The highest BCUT2D eigenvalue weighted by molar-refractivity contribution is 9.10. The van der Waals surface area contributed by atoms with Crippen LogP contribution in [-0.4, -0.2) is 43.7 Å². The van der Waals surface area contributed by atoms with Crippen molar-refractivity contribution in [3.05, 3.63) is 45.4 Å². The van der Waals surface area contributed by atoms with Gasteiger partial charge in [0.05, 0.1) is 30.9 Å². The maximum atomic E-state index is 11.7. The average Bonchev–Trinajstić information content (AvgIpc) is 2.76. The van der Waals surface area contributed by atoms with E-state index in [1.165, 1.54) is 7.11 Å². The van der Waals surface area contributed by atoms with Gasteiger partial charge in [0.1, 0.15) is 0 Å². The zero-order valence-electron chi connectivity index (χ0n) is 17.7. The molecule has 2 aromatic rings. The normalized spacial score (nSPS) is 19.0. The van der Waals surface area contributed by atoms with Crippen LogP contribution in [0.4, 0.5) is 0 Å². The summed E-state index contributed by atoms with van der Waals surface area (Å²) in [4.78, 5) is 18.7. The number of methoxy groups -OCH3 is 2. The van der Waals surface area contributed by atoms with Crippen LogP contribution in [-0.2, 0) is 16.1 Å². The predicted octanol–water partition coefficient (Wildman–Crippen LogP) is 5.58. The molecule has 1 aromatic carbocycles. The number of benzene rings is 1. The summed E-state index contributed by atoms with van der Waals surface area (Å²) in [6, 6.07) is 9.84. The Labute approximate surface area is 191 Å². The third kappa shape index (κ3) is 5.54. The van der Waals surface area contributed by atoms with Gasteiger partial charge in [-0.2, -0.15) is 0 Å². The molecule has 1 fully saturated rings. The predicted molar refractivity (Wildman–Crippen MR) is 123 cm³/mol. The molecule has 0 spiro atoms. The van der Waals surface area contributed by atoms with Crippen molar-refractivity contribution in [1.82, 2.24) is 9.88 Å². The molecule has 0 N–H and O–H groups in total. The standard InChI is InChI=1S/C23H28BrClN2O3/c1-27(13-15-7-9-16(10-8-15)23(28)30-3)14-17-11-12-20(26-22(17)29-2)18-5-4-6-19(24)21(18)25/h4-6,11-12,15-16H,7-10,13-14H2,1-3H3. The quantitative estimate of drug-likeness (QED) is 0.469. The van der Waals surface area contributed by atoms with E-state index in [1.54, 1.807) is 7.11 Å². The van der Waals surface area contributed by atoms with E-state index in [0.29, 0.717) is 16.8 Å². The molecule has 1 aliphatic rings. The fourth-order valence-corrected chi connectivity index (χ4v) is 4.75. The smallest absolute Gasteiger partial charge is 0.308 e. The van der Waals surface area contributed by atoms with Crippen molar-refractivity contribution >= 4 is 33.5 Å². The van der Waals surface area contributed by atoms with Crippen LogP contribution in [0.1, 0.15) is 31.2 Å². The van der Waals surface area contributed by atoms with Crippen molar-refractivity contribution < 1.29 is 14.3 Å². The summed E-state index contributed by atoms with van der Waals surface area (Å²) in [5, 5.41) is 0.638. The maximum absolute atomic E-state index is 11.7. The van der Waals surface area contributed by atoms with Gasteiger partial charge in [-0.25, -0.2) is 4.98 Å². The molecule has 3 rings (SSSR count). The first-order valence-electron chi connectivity index (χ1n) is 10.2. The van der Waals surface area contributed by atoms with E-state index in [1.807, 2.05) is 24.3 Å². The molecule has 1 aliphatic carbocycles. The SMILES string of the molecule is COC(=O)C1CCC(CN(C)Cc2ccc(-c3cccc(Br)c3Cl)nc2OC)CC1. The molecule has 1 heterocycles. The van der Waals surface area contributed by atoms with Gasteiger partial charge in [0.15, 0.2) is 0 Å². The van der Waals surface area contributed by atoms with E-state index < -0.39 is 0 Å². The number of rotatable bonds is 7. The van der Waals surface area contributed by atoms with Gasteiger partial charge in [-0.3, -0.25) is 4.79 Å². The molecule has 0 radical (unpaired) electrons. The van der Waals surface area contributed by atoms with Crippen molar-refractivity contribution in [3.8, 4) is 17.1 Å². The molecule has 162 valence electrons. The molecule has 0 unspecified atom stereocenters. The molecule has 7 heteroatoms. The Morgan fingerprint density at radius 1 is 1.20 bits per heavy atom. The van der Waals surface area contributed by atoms with E-state index in [4.69, 9.17) is 26.1 Å². The van der Waals surface area contributed by atoms with E-state index in [0.717, 1.165) is 60.1 Å². The van der Waals surface area contributed by atoms with Gasteiger partial charge < -0.3 is 14.4 Å². The van der Waals surface area contributed by atoms with Gasteiger partial charge in [0.2, 0.25) is 5.88 Å². The highest BCUT2D eigenvalue weighted by atomic mass is 79.9. The molecule has 5 nitrogen and oxygen atoms in total. The van der Waals surface area contributed by atoms with E-state index in [-0.39, 0.29) is 11.9 Å². The first-order chi connectivity index (χ1) is 14.4. The number of nitrogens with zero attached hydrogens (tertiary/aromatic N) is 2. The minimum absolute atomic E-state index is 0.0664. The number of ether oxygens (including phenoxy) is 2. The number of esters is 1. The van der Waals surface area contributed by atoms with Gasteiger partial charge in [-0.15, -0.1) is 0 Å². The third-order valence-electron chi connectivity index (χ3n) is 5.75. The molecule has 0 amide bonds. The molecular weight excluding hydrogens is 468 g/mol. The molecule has 1 saturated carbocycles. The van der Waals surface area contributed by atoms with Crippen LogP contribution in [0.2, 0.25) is 5.02 Å². The van der Waals surface area contributed by atoms with Crippen LogP contribution < -0.4 is 4.74 Å². The third-order valence-corrected chi connectivity index (χ3v) is 7.05. The largest absolute Gasteiger partial charge is 0.481 e. The summed E-state index contributed by atoms with van der Waals surface area (Å²) in [5.41, 5.74) is 2.69. The zero-order valence-corrected chi connectivity index (χ0v) is 20.0. The number of carbonyl (C=O) groups excluding carboxylic acids is 1. The topological polar surface area (TPSA) is 51.7 Å². The zero-order chi connectivity index (χ0) is 21.7. The first-order valence-corrected chi connectivity index (χ1v) is 11.3. The van der Waals surface area contributed by atoms with Crippen LogP contribution in [0.25, 0.3) is 11.3 Å². The van der Waals surface area contributed by atoms with Gasteiger partial charge in [-0.05, 0) is 66.7 Å². The lowest BCUT2D eigenvalue weighted by atomic mass is 9.82. The Morgan fingerprint density at radius 3 is 2.60 bits per heavy atom. The van der Waals surface area contributed by atoms with Gasteiger partial charge in [0.25, 0.3) is 0 Å². The Morgan fingerprint density at radius 2 is 1.93 bits per heavy atom. The van der Waals surface area contributed by atoms with E-state index in [9.17, 15) is 4.79 Å². The van der Waals surface area contributed by atoms with Crippen LogP contribution >= 0.6 is 27.5 Å². The van der Waals surface area contributed by atoms with Crippen LogP contribution in [0.5, 0.6) is 5.88 Å². The van der Waals surface area contributed by atoms with Crippen molar-refractivity contribution in [2.24, 2.45) is 11.8 Å². The first kappa shape index (κ1) is 23.0. The number of pyridine rings is 1. The number of hydrogen-bond donors (Lipinski definition) is 0. The Hall–Kier alpha value is -1.63. The Kier molecular flexibility index (Phi) is 8.14. The minimum atomic E-state index is -0.0664. The van der Waals surface area contributed by atoms with Gasteiger partial charge in [-0.1, -0.05) is 29.8 Å². The van der Waals surface area contributed by atoms with Gasteiger partial charge >= 0.3 is 5.97 Å². The lowest BCUT2D eigenvalue weighted by Gasteiger charge is -2.30. The summed E-state index contributed by atoms with van der Waals surface area (Å²) in [6.07, 6.45) is 3.94. The second-order valence-corrected chi connectivity index (χ2v) is 9.14. The summed E-state index contributed by atoms with van der Waals surface area (Å²) in [5.74, 6) is 1.21. The van der Waals surface area contributed by atoms with Crippen molar-refractivity contribution in [1.29, 1.82) is 0 Å². The summed E-state index contributed by atoms with van der Waals surface area (Å²) in [6.45, 7) is 1.73. The van der Waals surface area contributed by atoms with Crippen LogP contribution in [0.15, 0.2) is 34.8 Å². The molecule has 0 atom stereocenters. The molecular formula is C23H28BrClN2O3. The van der Waals surface area contributed by atoms with Crippen molar-refractivity contribution in [2.45, 2.75) is 32.2 Å². The lowest BCUT2D eigenvalue weighted by molar-refractivity contribution is -0.146. The average molecular weight is 496 g/mol. The summed E-state index contributed by atoms with van der Waals surface area (Å²) < 4.78 is 11.3. The minimum Gasteiger partial charge on any atom is -0.481 e. The number of halogens is 2. The highest BCUT2D eigenvalue weighted by Gasteiger charge is 2.27. The van der Waals surface area contributed by atoms with Gasteiger partial charge in [0, 0.05) is 28.7 Å². The fraction of sp³-hybridized carbons (Fsp3) is 0.478. The van der Waals surface area contributed by atoms with Crippen molar-refractivity contribution in [3.63, 3.8) is 0 Å². The Bertz CT molecular complexity index is 885. The van der Waals surface area contributed by atoms with Crippen LogP contribution in [0.3, 0.4) is 0 Å². The summed E-state index contributed by atoms with van der Waals surface area (Å²) in [7, 11) is 5.23. The second-order valence-electron chi connectivity index (χ2n) is 7.90. The van der Waals surface area contributed by atoms with E-state index in [2.05, 4.69) is 33.9 Å². The van der Waals surface area contributed by atoms with E-state index >= 15 is 0 Å². The maximum Gasteiger partial charge on any atom is 0.308 e. The summed E-state index contributed by atoms with van der Waals surface area (Å²) >= 11 is 9.90.